The Kier molecular flexibility index (Phi) is 5.71. The highest BCUT2D eigenvalue weighted by molar-refractivity contribution is 7.15. The molecule has 0 aliphatic rings. The predicted octanol–water partition coefficient (Wildman–Crippen LogP) is 4.15. The van der Waals surface area contributed by atoms with Crippen molar-refractivity contribution in [2.75, 3.05) is 6.61 Å². The van der Waals surface area contributed by atoms with Gasteiger partial charge in [-0.25, -0.2) is 4.98 Å². The maximum absolute atomic E-state index is 5.85. The van der Waals surface area contributed by atoms with Crippen LogP contribution < -0.4 is 5.73 Å². The molecule has 1 heterocycles. The number of hydrogen-bond acceptors (Lipinski definition) is 4. The summed E-state index contributed by atoms with van der Waals surface area (Å²) in [5.41, 5.74) is 8.01. The lowest BCUT2D eigenvalue weighted by molar-refractivity contribution is 0.0554. The molecule has 0 bridgehead atoms. The van der Waals surface area contributed by atoms with E-state index >= 15 is 0 Å². The van der Waals surface area contributed by atoms with Crippen LogP contribution in [0, 0.1) is 0 Å². The minimum atomic E-state index is 0.0952. The summed E-state index contributed by atoms with van der Waals surface area (Å²) in [5.74, 6) is 0. The first-order valence-electron chi connectivity index (χ1n) is 7.16. The Hall–Kier alpha value is -1.23. The molecular weight excluding hydrogens is 268 g/mol. The second-order valence-electron chi connectivity index (χ2n) is 4.63. The van der Waals surface area contributed by atoms with Gasteiger partial charge in [0.2, 0.25) is 0 Å². The predicted molar refractivity (Wildman–Crippen MR) is 84.7 cm³/mol. The number of aromatic nitrogens is 1. The zero-order valence-corrected chi connectivity index (χ0v) is 13.0. The molecule has 1 aromatic heterocycles. The highest BCUT2D eigenvalue weighted by Crippen LogP contribution is 2.35. The molecule has 0 aliphatic heterocycles. The van der Waals surface area contributed by atoms with Crippen LogP contribution in [-0.2, 0) is 11.3 Å². The molecule has 0 fully saturated rings. The molecule has 0 aliphatic carbocycles. The van der Waals surface area contributed by atoms with Crippen molar-refractivity contribution in [3.05, 3.63) is 41.0 Å². The Balaban J connectivity index is 2.35. The first-order valence-corrected chi connectivity index (χ1v) is 7.98. The highest BCUT2D eigenvalue weighted by Gasteiger charge is 2.19. The van der Waals surface area contributed by atoms with Crippen molar-refractivity contribution < 1.29 is 4.74 Å². The number of ether oxygens (including phenoxy) is 1. The van der Waals surface area contributed by atoms with Crippen LogP contribution in [-0.4, -0.2) is 11.6 Å². The first kappa shape index (κ1) is 15.2. The minimum absolute atomic E-state index is 0.0952. The molecule has 20 heavy (non-hydrogen) atoms. The molecule has 108 valence electrons. The van der Waals surface area contributed by atoms with Gasteiger partial charge < -0.3 is 10.5 Å². The molecule has 1 aromatic carbocycles. The van der Waals surface area contributed by atoms with Gasteiger partial charge in [0.25, 0.3) is 0 Å². The van der Waals surface area contributed by atoms with E-state index in [-0.39, 0.29) is 6.10 Å². The molecule has 3 nitrogen and oxygen atoms in total. The van der Waals surface area contributed by atoms with Crippen molar-refractivity contribution in [1.82, 2.24) is 4.98 Å². The van der Waals surface area contributed by atoms with Crippen LogP contribution in [0.2, 0.25) is 0 Å². The second kappa shape index (κ2) is 7.53. The molecule has 2 aromatic rings. The Labute approximate surface area is 124 Å². The highest BCUT2D eigenvalue weighted by atomic mass is 32.1. The van der Waals surface area contributed by atoms with Gasteiger partial charge in [-0.3, -0.25) is 0 Å². The monoisotopic (exact) mass is 290 g/mol. The van der Waals surface area contributed by atoms with Crippen LogP contribution in [0.5, 0.6) is 0 Å². The lowest BCUT2D eigenvalue weighted by Gasteiger charge is -2.12. The van der Waals surface area contributed by atoms with Gasteiger partial charge in [0.05, 0.1) is 10.6 Å². The molecule has 0 spiro atoms. The van der Waals surface area contributed by atoms with Crippen molar-refractivity contribution in [3.63, 3.8) is 0 Å². The molecule has 1 atom stereocenters. The summed E-state index contributed by atoms with van der Waals surface area (Å²) >= 11 is 1.71. The van der Waals surface area contributed by atoms with Crippen LogP contribution >= 0.6 is 11.3 Å². The van der Waals surface area contributed by atoms with Gasteiger partial charge >= 0.3 is 0 Å². The number of nitrogens with zero attached hydrogens (tertiary/aromatic N) is 1. The van der Waals surface area contributed by atoms with E-state index in [1.165, 1.54) is 10.4 Å². The standard InChI is InChI=1S/C16H22N2OS/c1-3-8-14(19-4-2)16-18-13(11-17)15(20-16)12-9-6-5-7-10-12/h5-7,9-10,14H,3-4,8,11,17H2,1-2H3. The Morgan fingerprint density at radius 2 is 2.00 bits per heavy atom. The topological polar surface area (TPSA) is 48.1 Å². The number of benzene rings is 1. The van der Waals surface area contributed by atoms with E-state index in [9.17, 15) is 0 Å². The summed E-state index contributed by atoms with van der Waals surface area (Å²) in [6.07, 6.45) is 2.18. The van der Waals surface area contributed by atoms with Gasteiger partial charge in [0, 0.05) is 13.2 Å². The van der Waals surface area contributed by atoms with E-state index in [4.69, 9.17) is 15.5 Å². The van der Waals surface area contributed by atoms with Crippen molar-refractivity contribution in [1.29, 1.82) is 0 Å². The Morgan fingerprint density at radius 3 is 2.60 bits per heavy atom. The third-order valence-corrected chi connectivity index (χ3v) is 4.38. The van der Waals surface area contributed by atoms with Crippen molar-refractivity contribution in [2.45, 2.75) is 39.3 Å². The average molecular weight is 290 g/mol. The lowest BCUT2D eigenvalue weighted by Crippen LogP contribution is -2.05. The second-order valence-corrected chi connectivity index (χ2v) is 5.66. The van der Waals surface area contributed by atoms with Crippen LogP contribution in [0.25, 0.3) is 10.4 Å². The lowest BCUT2D eigenvalue weighted by atomic mass is 10.1. The molecule has 2 rings (SSSR count). The minimum Gasteiger partial charge on any atom is -0.371 e. The normalized spacial score (nSPS) is 12.6. The van der Waals surface area contributed by atoms with Gasteiger partial charge in [-0.2, -0.15) is 0 Å². The zero-order valence-electron chi connectivity index (χ0n) is 12.1. The fourth-order valence-electron chi connectivity index (χ4n) is 2.20. The van der Waals surface area contributed by atoms with E-state index in [0.29, 0.717) is 13.2 Å². The fraction of sp³-hybridized carbons (Fsp3) is 0.438. The average Bonchev–Trinajstić information content (AvgIpc) is 2.92. The van der Waals surface area contributed by atoms with Crippen molar-refractivity contribution >= 4 is 11.3 Å². The van der Waals surface area contributed by atoms with Crippen LogP contribution in [0.15, 0.2) is 30.3 Å². The van der Waals surface area contributed by atoms with Crippen LogP contribution in [0.4, 0.5) is 0 Å². The van der Waals surface area contributed by atoms with E-state index in [1.54, 1.807) is 11.3 Å². The maximum atomic E-state index is 5.85. The first-order chi connectivity index (χ1) is 9.80. The third kappa shape index (κ3) is 3.45. The van der Waals surface area contributed by atoms with Crippen LogP contribution in [0.1, 0.15) is 43.5 Å². The summed E-state index contributed by atoms with van der Waals surface area (Å²) in [7, 11) is 0. The van der Waals surface area contributed by atoms with E-state index < -0.39 is 0 Å². The smallest absolute Gasteiger partial charge is 0.122 e. The largest absolute Gasteiger partial charge is 0.371 e. The Morgan fingerprint density at radius 1 is 1.25 bits per heavy atom. The van der Waals surface area contributed by atoms with Crippen LogP contribution in [0.3, 0.4) is 0 Å². The molecule has 0 saturated carbocycles. The molecule has 4 heteroatoms. The summed E-state index contributed by atoms with van der Waals surface area (Å²) in [6, 6.07) is 10.3. The summed E-state index contributed by atoms with van der Waals surface area (Å²) < 4.78 is 5.82. The Bertz CT molecular complexity index is 519. The maximum Gasteiger partial charge on any atom is 0.122 e. The van der Waals surface area contributed by atoms with E-state index in [1.807, 2.05) is 25.1 Å². The fourth-order valence-corrected chi connectivity index (χ4v) is 3.39. The number of hydrogen-bond donors (Lipinski definition) is 1. The summed E-state index contributed by atoms with van der Waals surface area (Å²) in [6.45, 7) is 5.37. The van der Waals surface area contributed by atoms with E-state index in [2.05, 4.69) is 19.1 Å². The van der Waals surface area contributed by atoms with Gasteiger partial charge in [0.1, 0.15) is 11.1 Å². The van der Waals surface area contributed by atoms with Gasteiger partial charge in [-0.1, -0.05) is 43.7 Å². The van der Waals surface area contributed by atoms with Gasteiger partial charge in [-0.05, 0) is 18.9 Å². The zero-order chi connectivity index (χ0) is 14.4. The molecular formula is C16H22N2OS. The van der Waals surface area contributed by atoms with Gasteiger partial charge in [-0.15, -0.1) is 11.3 Å². The molecule has 1 unspecified atom stereocenters. The third-order valence-electron chi connectivity index (χ3n) is 3.14. The quantitative estimate of drug-likeness (QED) is 0.833. The van der Waals surface area contributed by atoms with Gasteiger partial charge in [0.15, 0.2) is 0 Å². The number of nitrogens with two attached hydrogens (primary N) is 1. The SMILES string of the molecule is CCCC(OCC)c1nc(CN)c(-c2ccccc2)s1. The molecule has 0 saturated heterocycles. The number of thiazole rings is 1. The molecule has 0 radical (unpaired) electrons. The van der Waals surface area contributed by atoms with Crippen molar-refractivity contribution in [2.24, 2.45) is 5.73 Å². The van der Waals surface area contributed by atoms with E-state index in [0.717, 1.165) is 23.5 Å². The number of rotatable bonds is 7. The van der Waals surface area contributed by atoms with Crippen molar-refractivity contribution in [3.8, 4) is 10.4 Å². The summed E-state index contributed by atoms with van der Waals surface area (Å²) in [4.78, 5) is 5.88. The summed E-state index contributed by atoms with van der Waals surface area (Å²) in [5, 5.41) is 1.05. The molecule has 2 N–H and O–H groups in total. The molecule has 0 amide bonds.